The molecule has 2 heterocycles. The van der Waals surface area contributed by atoms with Gasteiger partial charge in [-0.15, -0.1) is 0 Å². The molecular weight excluding hydrogens is 306 g/mol. The number of hydrogen-bond donors (Lipinski definition) is 1. The molecule has 2 aromatic heterocycles. The van der Waals surface area contributed by atoms with Gasteiger partial charge in [-0.05, 0) is 24.3 Å². The number of aromatic amines is 1. The number of fused-ring (bicyclic) bond motifs is 1. The molecule has 8 heteroatoms. The fourth-order valence-electron chi connectivity index (χ4n) is 2.25. The summed E-state index contributed by atoms with van der Waals surface area (Å²) in [6.45, 7) is 0. The third-order valence-corrected chi connectivity index (χ3v) is 4.32. The first-order chi connectivity index (χ1) is 10.4. The molecule has 22 heavy (non-hydrogen) atoms. The molecule has 1 aromatic carbocycles. The molecule has 3 aromatic rings. The first-order valence-corrected chi connectivity index (χ1v) is 8.18. The van der Waals surface area contributed by atoms with Gasteiger partial charge in [-0.1, -0.05) is 12.1 Å². The number of pyridine rings is 1. The summed E-state index contributed by atoms with van der Waals surface area (Å²) in [4.78, 5) is 30.3. The van der Waals surface area contributed by atoms with E-state index in [4.69, 9.17) is 0 Å². The van der Waals surface area contributed by atoms with Crippen molar-refractivity contribution in [2.24, 2.45) is 0 Å². The standard InChI is InChI=1S/C14H11N3O4S/c1-22(20,21)11-7-3-2-6-10(11)17-12-9(5-4-8-15-12)13(18)16-14(17)19/h2-8H,1H3,(H,16,18,19). The Morgan fingerprint density at radius 3 is 2.55 bits per heavy atom. The second-order valence-corrected chi connectivity index (χ2v) is 6.69. The van der Waals surface area contributed by atoms with E-state index in [0.29, 0.717) is 0 Å². The molecule has 0 unspecified atom stereocenters. The van der Waals surface area contributed by atoms with E-state index in [1.165, 1.54) is 24.4 Å². The van der Waals surface area contributed by atoms with E-state index in [1.54, 1.807) is 18.2 Å². The second-order valence-electron chi connectivity index (χ2n) is 4.71. The van der Waals surface area contributed by atoms with Gasteiger partial charge in [-0.25, -0.2) is 22.8 Å². The van der Waals surface area contributed by atoms with Crippen LogP contribution in [0.4, 0.5) is 0 Å². The predicted molar refractivity (Wildman–Crippen MR) is 81.1 cm³/mol. The maximum absolute atomic E-state index is 12.2. The lowest BCUT2D eigenvalue weighted by molar-refractivity contribution is 0.601. The van der Waals surface area contributed by atoms with Crippen molar-refractivity contribution in [2.75, 3.05) is 6.26 Å². The first-order valence-electron chi connectivity index (χ1n) is 6.29. The Hall–Kier alpha value is -2.74. The fraction of sp³-hybridized carbons (Fsp3) is 0.0714. The molecule has 0 aliphatic carbocycles. The molecular formula is C14H11N3O4S. The Balaban J connectivity index is 2.54. The second kappa shape index (κ2) is 4.92. The number of rotatable bonds is 2. The highest BCUT2D eigenvalue weighted by molar-refractivity contribution is 7.90. The van der Waals surface area contributed by atoms with Gasteiger partial charge in [0, 0.05) is 12.5 Å². The molecule has 3 rings (SSSR count). The molecule has 0 saturated heterocycles. The zero-order valence-electron chi connectivity index (χ0n) is 11.5. The van der Waals surface area contributed by atoms with Crippen molar-refractivity contribution in [1.29, 1.82) is 0 Å². The van der Waals surface area contributed by atoms with Gasteiger partial charge in [0.15, 0.2) is 15.5 Å². The minimum absolute atomic E-state index is 0.0175. The summed E-state index contributed by atoms with van der Waals surface area (Å²) in [7, 11) is -3.56. The molecule has 0 saturated carbocycles. The van der Waals surface area contributed by atoms with E-state index in [2.05, 4.69) is 9.97 Å². The minimum atomic E-state index is -3.56. The average molecular weight is 317 g/mol. The Kier molecular flexibility index (Phi) is 3.18. The number of aromatic nitrogens is 3. The summed E-state index contributed by atoms with van der Waals surface area (Å²) in [5.41, 5.74) is -1.06. The monoisotopic (exact) mass is 317 g/mol. The van der Waals surface area contributed by atoms with Crippen LogP contribution < -0.4 is 11.2 Å². The summed E-state index contributed by atoms with van der Waals surface area (Å²) < 4.78 is 25.0. The van der Waals surface area contributed by atoms with Crippen molar-refractivity contribution in [3.63, 3.8) is 0 Å². The minimum Gasteiger partial charge on any atom is -0.273 e. The molecule has 0 atom stereocenters. The fourth-order valence-corrected chi connectivity index (χ4v) is 3.11. The summed E-state index contributed by atoms with van der Waals surface area (Å²) in [5.74, 6) is 0. The van der Waals surface area contributed by atoms with Gasteiger partial charge in [0.2, 0.25) is 0 Å². The lowest BCUT2D eigenvalue weighted by Gasteiger charge is -2.11. The maximum Gasteiger partial charge on any atom is 0.334 e. The van der Waals surface area contributed by atoms with Crippen molar-refractivity contribution < 1.29 is 8.42 Å². The van der Waals surface area contributed by atoms with Crippen molar-refractivity contribution in [2.45, 2.75) is 4.90 Å². The first kappa shape index (κ1) is 14.2. The number of hydrogen-bond acceptors (Lipinski definition) is 5. The predicted octanol–water partition coefficient (Wildman–Crippen LogP) is 0.477. The number of para-hydroxylation sites is 1. The lowest BCUT2D eigenvalue weighted by Crippen LogP contribution is -2.30. The van der Waals surface area contributed by atoms with Crippen LogP contribution in [0.25, 0.3) is 16.7 Å². The third-order valence-electron chi connectivity index (χ3n) is 3.17. The molecule has 0 bridgehead atoms. The van der Waals surface area contributed by atoms with E-state index in [1.807, 2.05) is 0 Å². The largest absolute Gasteiger partial charge is 0.334 e. The molecule has 7 nitrogen and oxygen atoms in total. The van der Waals surface area contributed by atoms with Crippen LogP contribution in [0.3, 0.4) is 0 Å². The zero-order chi connectivity index (χ0) is 15.9. The van der Waals surface area contributed by atoms with Gasteiger partial charge >= 0.3 is 5.69 Å². The average Bonchev–Trinajstić information content (AvgIpc) is 2.47. The smallest absolute Gasteiger partial charge is 0.273 e. The summed E-state index contributed by atoms with van der Waals surface area (Å²) in [6.07, 6.45) is 2.49. The van der Waals surface area contributed by atoms with E-state index < -0.39 is 21.1 Å². The lowest BCUT2D eigenvalue weighted by atomic mass is 10.3. The maximum atomic E-state index is 12.2. The van der Waals surface area contributed by atoms with Crippen molar-refractivity contribution in [3.8, 4) is 5.69 Å². The van der Waals surface area contributed by atoms with Crippen LogP contribution in [-0.4, -0.2) is 29.2 Å². The van der Waals surface area contributed by atoms with E-state index in [-0.39, 0.29) is 21.6 Å². The number of benzene rings is 1. The van der Waals surface area contributed by atoms with Crippen LogP contribution in [0.1, 0.15) is 0 Å². The van der Waals surface area contributed by atoms with Crippen molar-refractivity contribution in [1.82, 2.24) is 14.5 Å². The van der Waals surface area contributed by atoms with Crippen molar-refractivity contribution in [3.05, 3.63) is 63.4 Å². The van der Waals surface area contributed by atoms with Gasteiger partial charge in [-0.2, -0.15) is 0 Å². The van der Waals surface area contributed by atoms with Gasteiger partial charge in [0.1, 0.15) is 0 Å². The topological polar surface area (TPSA) is 102 Å². The van der Waals surface area contributed by atoms with Gasteiger partial charge in [0.05, 0.1) is 16.0 Å². The highest BCUT2D eigenvalue weighted by Crippen LogP contribution is 2.20. The molecule has 0 spiro atoms. The molecule has 0 amide bonds. The zero-order valence-corrected chi connectivity index (χ0v) is 12.3. The van der Waals surface area contributed by atoms with Crippen LogP contribution in [0.5, 0.6) is 0 Å². The Labute approximate surface area is 124 Å². The SMILES string of the molecule is CS(=O)(=O)c1ccccc1-n1c(=O)[nH]c(=O)c2cccnc21. The van der Waals surface area contributed by atoms with Crippen LogP contribution in [-0.2, 0) is 9.84 Å². The van der Waals surface area contributed by atoms with E-state index in [9.17, 15) is 18.0 Å². The van der Waals surface area contributed by atoms with Gasteiger partial charge < -0.3 is 0 Å². The highest BCUT2D eigenvalue weighted by Gasteiger charge is 2.18. The van der Waals surface area contributed by atoms with Crippen LogP contribution in [0.15, 0.2) is 57.1 Å². The van der Waals surface area contributed by atoms with Crippen LogP contribution in [0, 0.1) is 0 Å². The number of H-pyrrole nitrogens is 1. The number of sulfone groups is 1. The Morgan fingerprint density at radius 1 is 1.09 bits per heavy atom. The number of nitrogens with one attached hydrogen (secondary N) is 1. The van der Waals surface area contributed by atoms with E-state index in [0.717, 1.165) is 10.8 Å². The van der Waals surface area contributed by atoms with Crippen molar-refractivity contribution >= 4 is 20.9 Å². The quantitative estimate of drug-likeness (QED) is 0.740. The summed E-state index contributed by atoms with van der Waals surface area (Å²) in [5, 5.41) is 0.199. The third kappa shape index (κ3) is 2.23. The van der Waals surface area contributed by atoms with Gasteiger partial charge in [0.25, 0.3) is 5.56 Å². The molecule has 0 radical (unpaired) electrons. The normalized spacial score (nSPS) is 11.7. The molecule has 112 valence electrons. The van der Waals surface area contributed by atoms with E-state index >= 15 is 0 Å². The Bertz CT molecular complexity index is 1100. The highest BCUT2D eigenvalue weighted by atomic mass is 32.2. The summed E-state index contributed by atoms with van der Waals surface area (Å²) >= 11 is 0. The molecule has 0 aliphatic heterocycles. The molecule has 1 N–H and O–H groups in total. The summed E-state index contributed by atoms with van der Waals surface area (Å²) in [6, 6.07) is 9.14. The van der Waals surface area contributed by atoms with Crippen LogP contribution >= 0.6 is 0 Å². The number of nitrogens with zero attached hydrogens (tertiary/aromatic N) is 2. The van der Waals surface area contributed by atoms with Crippen LogP contribution in [0.2, 0.25) is 0 Å². The van der Waals surface area contributed by atoms with Gasteiger partial charge in [-0.3, -0.25) is 9.78 Å². The molecule has 0 fully saturated rings. The molecule has 0 aliphatic rings. The Morgan fingerprint density at radius 2 is 1.82 bits per heavy atom.